The van der Waals surface area contributed by atoms with Gasteiger partial charge in [0, 0.05) is 12.0 Å². The van der Waals surface area contributed by atoms with Crippen LogP contribution >= 0.6 is 0 Å². The largest absolute Gasteiger partial charge is 0.506 e. The highest BCUT2D eigenvalue weighted by Crippen LogP contribution is 2.26. The number of methoxy groups -OCH3 is 1. The Morgan fingerprint density at radius 1 is 1.07 bits per heavy atom. The van der Waals surface area contributed by atoms with Crippen LogP contribution < -0.4 is 5.32 Å². The van der Waals surface area contributed by atoms with Crippen molar-refractivity contribution >= 4 is 17.6 Å². The summed E-state index contributed by atoms with van der Waals surface area (Å²) >= 11 is 0. The van der Waals surface area contributed by atoms with Crippen LogP contribution in [0.2, 0.25) is 0 Å². The summed E-state index contributed by atoms with van der Waals surface area (Å²) in [6.45, 7) is 6.35. The number of aryl methyl sites for hydroxylation is 1. The lowest BCUT2D eigenvalue weighted by Crippen LogP contribution is -2.14. The Morgan fingerprint density at radius 2 is 1.74 bits per heavy atom. The number of hydrogen-bond acceptors (Lipinski definition) is 4. The molecule has 0 unspecified atom stereocenters. The molecule has 0 atom stereocenters. The monoisotopic (exact) mass is 369 g/mol. The minimum atomic E-state index is -0.280. The third kappa shape index (κ3) is 5.84. The smallest absolute Gasteiger partial charge is 0.305 e. The number of anilines is 1. The third-order valence-electron chi connectivity index (χ3n) is 4.40. The van der Waals surface area contributed by atoms with Crippen LogP contribution in [-0.4, -0.2) is 24.1 Å². The second-order valence-electron chi connectivity index (χ2n) is 7.56. The molecule has 27 heavy (non-hydrogen) atoms. The molecule has 0 fully saturated rings. The van der Waals surface area contributed by atoms with Gasteiger partial charge in [-0.3, -0.25) is 9.59 Å². The van der Waals surface area contributed by atoms with Crippen molar-refractivity contribution in [1.29, 1.82) is 0 Å². The summed E-state index contributed by atoms with van der Waals surface area (Å²) in [4.78, 5) is 23.7. The van der Waals surface area contributed by atoms with Crippen molar-refractivity contribution in [2.24, 2.45) is 0 Å². The Morgan fingerprint density at radius 3 is 2.33 bits per heavy atom. The first-order chi connectivity index (χ1) is 12.7. The molecule has 2 N–H and O–H groups in total. The molecule has 0 aliphatic rings. The van der Waals surface area contributed by atoms with Crippen molar-refractivity contribution < 1.29 is 19.4 Å². The first-order valence-corrected chi connectivity index (χ1v) is 9.01. The molecular formula is C22H27NO4. The summed E-state index contributed by atoms with van der Waals surface area (Å²) in [7, 11) is 1.37. The molecular weight excluding hydrogens is 342 g/mol. The normalized spacial score (nSPS) is 11.1. The Kier molecular flexibility index (Phi) is 6.61. The molecule has 2 rings (SSSR count). The molecule has 5 nitrogen and oxygen atoms in total. The van der Waals surface area contributed by atoms with Gasteiger partial charge in [-0.2, -0.15) is 0 Å². The Hall–Kier alpha value is -2.82. The van der Waals surface area contributed by atoms with Crippen LogP contribution in [0.3, 0.4) is 0 Å². The van der Waals surface area contributed by atoms with Gasteiger partial charge in [-0.1, -0.05) is 39.0 Å². The summed E-state index contributed by atoms with van der Waals surface area (Å²) < 4.78 is 4.63. The van der Waals surface area contributed by atoms with Crippen molar-refractivity contribution in [2.45, 2.75) is 45.4 Å². The fourth-order valence-corrected chi connectivity index (χ4v) is 2.69. The van der Waals surface area contributed by atoms with Gasteiger partial charge in [0.15, 0.2) is 0 Å². The number of rotatable bonds is 6. The van der Waals surface area contributed by atoms with Crippen molar-refractivity contribution in [3.63, 3.8) is 0 Å². The lowest BCUT2D eigenvalue weighted by atomic mass is 9.87. The topological polar surface area (TPSA) is 75.6 Å². The number of amides is 1. The van der Waals surface area contributed by atoms with Gasteiger partial charge >= 0.3 is 5.97 Å². The van der Waals surface area contributed by atoms with E-state index < -0.39 is 0 Å². The molecule has 2 aromatic carbocycles. The van der Waals surface area contributed by atoms with Gasteiger partial charge in [-0.15, -0.1) is 0 Å². The predicted octanol–water partition coefficient (Wildman–Crippen LogP) is 4.44. The van der Waals surface area contributed by atoms with Crippen molar-refractivity contribution in [3.8, 4) is 5.75 Å². The molecule has 0 spiro atoms. The van der Waals surface area contributed by atoms with Gasteiger partial charge < -0.3 is 15.2 Å². The average Bonchev–Trinajstić information content (AvgIpc) is 2.63. The molecule has 0 heterocycles. The molecule has 1 amide bonds. The summed E-state index contributed by atoms with van der Waals surface area (Å²) in [6, 6.07) is 12.5. The van der Waals surface area contributed by atoms with E-state index in [0.717, 1.165) is 11.1 Å². The molecule has 144 valence electrons. The number of aromatic hydroxyl groups is 1. The SMILES string of the molecule is COC(=O)CCCc1ccc(O)c(NC(=O)c2ccc(C(C)(C)C)cc2)c1. The summed E-state index contributed by atoms with van der Waals surface area (Å²) in [5.41, 5.74) is 2.98. The summed E-state index contributed by atoms with van der Waals surface area (Å²) in [6.07, 6.45) is 1.62. The van der Waals surface area contributed by atoms with Crippen LogP contribution in [0.1, 0.15) is 55.1 Å². The summed E-state index contributed by atoms with van der Waals surface area (Å²) in [5.74, 6) is -0.523. The number of phenols is 1. The number of benzene rings is 2. The first-order valence-electron chi connectivity index (χ1n) is 9.01. The molecule has 5 heteroatoms. The second kappa shape index (κ2) is 8.71. The Balaban J connectivity index is 2.06. The van der Waals surface area contributed by atoms with E-state index in [9.17, 15) is 14.7 Å². The van der Waals surface area contributed by atoms with E-state index in [1.165, 1.54) is 7.11 Å². The van der Waals surface area contributed by atoms with Crippen LogP contribution in [0, 0.1) is 0 Å². The van der Waals surface area contributed by atoms with E-state index in [4.69, 9.17) is 0 Å². The predicted molar refractivity (Wildman–Crippen MR) is 106 cm³/mol. The molecule has 0 aliphatic heterocycles. The van der Waals surface area contributed by atoms with Crippen molar-refractivity contribution in [2.75, 3.05) is 12.4 Å². The molecule has 0 aliphatic carbocycles. The van der Waals surface area contributed by atoms with Gasteiger partial charge in [0.1, 0.15) is 5.75 Å². The maximum atomic E-state index is 12.5. The number of nitrogens with one attached hydrogen (secondary N) is 1. The fraction of sp³-hybridized carbons (Fsp3) is 0.364. The second-order valence-corrected chi connectivity index (χ2v) is 7.56. The molecule has 0 saturated heterocycles. The van der Waals surface area contributed by atoms with Gasteiger partial charge in [0.05, 0.1) is 12.8 Å². The average molecular weight is 369 g/mol. The van der Waals surface area contributed by atoms with E-state index in [1.54, 1.807) is 30.3 Å². The van der Waals surface area contributed by atoms with E-state index in [0.29, 0.717) is 30.5 Å². The third-order valence-corrected chi connectivity index (χ3v) is 4.40. The zero-order valence-corrected chi connectivity index (χ0v) is 16.3. The lowest BCUT2D eigenvalue weighted by Gasteiger charge is -2.19. The van der Waals surface area contributed by atoms with Gasteiger partial charge in [0.2, 0.25) is 0 Å². The number of esters is 1. The van der Waals surface area contributed by atoms with E-state index in [-0.39, 0.29) is 23.0 Å². The number of phenolic OH excluding ortho intramolecular Hbond substituents is 1. The maximum absolute atomic E-state index is 12.5. The van der Waals surface area contributed by atoms with Gasteiger partial charge in [-0.25, -0.2) is 0 Å². The van der Waals surface area contributed by atoms with E-state index in [1.807, 2.05) is 12.1 Å². The summed E-state index contributed by atoms with van der Waals surface area (Å²) in [5, 5.41) is 12.8. The molecule has 0 aromatic heterocycles. The van der Waals surface area contributed by atoms with Crippen LogP contribution in [0.4, 0.5) is 5.69 Å². The Labute approximate surface area is 160 Å². The Bertz CT molecular complexity index is 804. The molecule has 0 radical (unpaired) electrons. The molecule has 0 saturated carbocycles. The van der Waals surface area contributed by atoms with Crippen molar-refractivity contribution in [3.05, 3.63) is 59.2 Å². The molecule has 0 bridgehead atoms. The fourth-order valence-electron chi connectivity index (χ4n) is 2.69. The highest BCUT2D eigenvalue weighted by atomic mass is 16.5. The standard InChI is InChI=1S/C22H27NO4/c1-22(2,3)17-11-9-16(10-12-17)21(26)23-18-14-15(8-13-19(18)24)6-5-7-20(25)27-4/h8-14,24H,5-7H2,1-4H3,(H,23,26). The van der Waals surface area contributed by atoms with E-state index >= 15 is 0 Å². The number of hydrogen-bond donors (Lipinski definition) is 2. The highest BCUT2D eigenvalue weighted by Gasteiger charge is 2.15. The van der Waals surface area contributed by atoms with Crippen LogP contribution in [0.25, 0.3) is 0 Å². The van der Waals surface area contributed by atoms with E-state index in [2.05, 4.69) is 30.8 Å². The van der Waals surface area contributed by atoms with Crippen molar-refractivity contribution in [1.82, 2.24) is 0 Å². The minimum Gasteiger partial charge on any atom is -0.506 e. The molecule has 2 aromatic rings. The maximum Gasteiger partial charge on any atom is 0.305 e. The number of ether oxygens (including phenoxy) is 1. The van der Waals surface area contributed by atoms with Crippen LogP contribution in [-0.2, 0) is 21.4 Å². The number of carbonyl (C=O) groups is 2. The van der Waals surface area contributed by atoms with Crippen LogP contribution in [0.5, 0.6) is 5.75 Å². The van der Waals surface area contributed by atoms with Gasteiger partial charge in [0.25, 0.3) is 5.91 Å². The number of carbonyl (C=O) groups excluding carboxylic acids is 2. The van der Waals surface area contributed by atoms with Crippen LogP contribution in [0.15, 0.2) is 42.5 Å². The van der Waals surface area contributed by atoms with Gasteiger partial charge in [-0.05, 0) is 53.6 Å². The minimum absolute atomic E-state index is 0.00591. The zero-order chi connectivity index (χ0) is 20.0. The first kappa shape index (κ1) is 20.5. The highest BCUT2D eigenvalue weighted by molar-refractivity contribution is 6.05. The zero-order valence-electron chi connectivity index (χ0n) is 16.3. The quantitative estimate of drug-likeness (QED) is 0.583. The lowest BCUT2D eigenvalue weighted by molar-refractivity contribution is -0.140.